The van der Waals surface area contributed by atoms with E-state index >= 15 is 0 Å². The molecule has 0 aliphatic rings. The lowest BCUT2D eigenvalue weighted by Crippen LogP contribution is -2.35. The van der Waals surface area contributed by atoms with Gasteiger partial charge in [0, 0.05) is 19.5 Å². The van der Waals surface area contributed by atoms with Gasteiger partial charge in [-0.3, -0.25) is 4.79 Å². The molecule has 0 unspecified atom stereocenters. The lowest BCUT2D eigenvalue weighted by Gasteiger charge is -2.23. The van der Waals surface area contributed by atoms with Crippen molar-refractivity contribution in [1.82, 2.24) is 4.90 Å². The highest BCUT2D eigenvalue weighted by atomic mass is 16.2. The standard InChI is InChI=1S/C14H25NO/c1-5-6-7-8-9-10-11-12-15(13(2)3)14(4)16/h6-7,10-11,13H,5,8-9,12H2,1-4H3/b7-6-,11-10-. The summed E-state index contributed by atoms with van der Waals surface area (Å²) in [5.41, 5.74) is 0. The third-order valence-corrected chi connectivity index (χ3v) is 2.40. The smallest absolute Gasteiger partial charge is 0.219 e. The molecule has 92 valence electrons. The van der Waals surface area contributed by atoms with E-state index in [4.69, 9.17) is 0 Å². The minimum absolute atomic E-state index is 0.144. The van der Waals surface area contributed by atoms with Crippen LogP contribution in [0.2, 0.25) is 0 Å². The summed E-state index contributed by atoms with van der Waals surface area (Å²) in [6, 6.07) is 0.280. The summed E-state index contributed by atoms with van der Waals surface area (Å²) >= 11 is 0. The van der Waals surface area contributed by atoms with Crippen molar-refractivity contribution in [1.29, 1.82) is 0 Å². The van der Waals surface area contributed by atoms with Gasteiger partial charge in [-0.15, -0.1) is 0 Å². The van der Waals surface area contributed by atoms with Crippen LogP contribution < -0.4 is 0 Å². The monoisotopic (exact) mass is 223 g/mol. The molecular weight excluding hydrogens is 198 g/mol. The van der Waals surface area contributed by atoms with Gasteiger partial charge in [0.1, 0.15) is 0 Å². The molecule has 0 bridgehead atoms. The van der Waals surface area contributed by atoms with Crippen LogP contribution in [-0.4, -0.2) is 23.4 Å². The normalized spacial score (nSPS) is 11.8. The molecule has 0 aliphatic carbocycles. The van der Waals surface area contributed by atoms with Crippen molar-refractivity contribution in [3.63, 3.8) is 0 Å². The van der Waals surface area contributed by atoms with E-state index in [-0.39, 0.29) is 11.9 Å². The minimum atomic E-state index is 0.144. The first kappa shape index (κ1) is 14.9. The van der Waals surface area contributed by atoms with Gasteiger partial charge in [-0.1, -0.05) is 31.2 Å². The van der Waals surface area contributed by atoms with Gasteiger partial charge in [0.15, 0.2) is 0 Å². The number of nitrogens with zero attached hydrogens (tertiary/aromatic N) is 1. The molecule has 0 aromatic rings. The first-order valence-corrected chi connectivity index (χ1v) is 6.16. The van der Waals surface area contributed by atoms with Crippen molar-refractivity contribution in [3.05, 3.63) is 24.3 Å². The van der Waals surface area contributed by atoms with Crippen LogP contribution in [0.25, 0.3) is 0 Å². The van der Waals surface area contributed by atoms with Crippen molar-refractivity contribution in [2.24, 2.45) is 0 Å². The van der Waals surface area contributed by atoms with E-state index in [0.29, 0.717) is 0 Å². The van der Waals surface area contributed by atoms with Gasteiger partial charge in [-0.25, -0.2) is 0 Å². The third kappa shape index (κ3) is 7.27. The van der Waals surface area contributed by atoms with Gasteiger partial charge in [0.25, 0.3) is 0 Å². The summed E-state index contributed by atoms with van der Waals surface area (Å²) in [5.74, 6) is 0.144. The molecule has 0 spiro atoms. The highest BCUT2D eigenvalue weighted by Gasteiger charge is 2.09. The Labute approximate surface area is 100 Å². The molecule has 0 aliphatic heterocycles. The second-order valence-electron chi connectivity index (χ2n) is 4.19. The van der Waals surface area contributed by atoms with E-state index in [0.717, 1.165) is 25.8 Å². The lowest BCUT2D eigenvalue weighted by molar-refractivity contribution is -0.129. The largest absolute Gasteiger partial charge is 0.337 e. The van der Waals surface area contributed by atoms with E-state index in [1.165, 1.54) is 0 Å². The fraction of sp³-hybridized carbons (Fsp3) is 0.643. The SMILES string of the molecule is CC/C=C\CC/C=C\CN(C(C)=O)C(C)C. The summed E-state index contributed by atoms with van der Waals surface area (Å²) < 4.78 is 0. The predicted molar refractivity (Wildman–Crippen MR) is 70.3 cm³/mol. The second kappa shape index (κ2) is 9.20. The van der Waals surface area contributed by atoms with Crippen LogP contribution in [0.1, 0.15) is 47.0 Å². The quantitative estimate of drug-likeness (QED) is 0.477. The average Bonchev–Trinajstić information content (AvgIpc) is 2.21. The van der Waals surface area contributed by atoms with Gasteiger partial charge >= 0.3 is 0 Å². The molecule has 0 aromatic carbocycles. The van der Waals surface area contributed by atoms with Gasteiger partial charge in [0.05, 0.1) is 0 Å². The van der Waals surface area contributed by atoms with Gasteiger partial charge < -0.3 is 4.90 Å². The summed E-state index contributed by atoms with van der Waals surface area (Å²) in [5, 5.41) is 0. The van der Waals surface area contributed by atoms with Crippen molar-refractivity contribution in [2.45, 2.75) is 53.0 Å². The highest BCUT2D eigenvalue weighted by Crippen LogP contribution is 2.00. The van der Waals surface area contributed by atoms with Gasteiger partial charge in [0.2, 0.25) is 5.91 Å². The van der Waals surface area contributed by atoms with Crippen molar-refractivity contribution >= 4 is 5.91 Å². The van der Waals surface area contributed by atoms with Crippen LogP contribution in [0.3, 0.4) is 0 Å². The van der Waals surface area contributed by atoms with Gasteiger partial charge in [-0.2, -0.15) is 0 Å². The predicted octanol–water partition coefficient (Wildman–Crippen LogP) is 3.55. The lowest BCUT2D eigenvalue weighted by atomic mass is 10.2. The molecule has 0 rings (SSSR count). The molecule has 0 saturated heterocycles. The molecule has 0 radical (unpaired) electrons. The first-order chi connectivity index (χ1) is 7.59. The number of carbonyl (C=O) groups excluding carboxylic acids is 1. The fourth-order valence-electron chi connectivity index (χ4n) is 1.49. The minimum Gasteiger partial charge on any atom is -0.337 e. The molecule has 1 amide bonds. The van der Waals surface area contributed by atoms with E-state index in [1.807, 2.05) is 18.7 Å². The second-order valence-corrected chi connectivity index (χ2v) is 4.19. The van der Waals surface area contributed by atoms with E-state index < -0.39 is 0 Å². The molecule has 0 heterocycles. The van der Waals surface area contributed by atoms with Crippen molar-refractivity contribution in [2.75, 3.05) is 6.54 Å². The van der Waals surface area contributed by atoms with E-state index in [9.17, 15) is 4.79 Å². The van der Waals surface area contributed by atoms with Crippen LogP contribution in [0.4, 0.5) is 0 Å². The van der Waals surface area contributed by atoms with Gasteiger partial charge in [-0.05, 0) is 33.1 Å². The maximum Gasteiger partial charge on any atom is 0.219 e. The van der Waals surface area contributed by atoms with Crippen LogP contribution in [0.15, 0.2) is 24.3 Å². The summed E-state index contributed by atoms with van der Waals surface area (Å²) in [7, 11) is 0. The number of amides is 1. The Morgan fingerprint density at radius 3 is 2.12 bits per heavy atom. The number of allylic oxidation sites excluding steroid dienone is 3. The van der Waals surface area contributed by atoms with E-state index in [1.54, 1.807) is 6.92 Å². The molecule has 2 nitrogen and oxygen atoms in total. The maximum absolute atomic E-state index is 11.3. The topological polar surface area (TPSA) is 20.3 Å². The Hall–Kier alpha value is -1.05. The fourth-order valence-corrected chi connectivity index (χ4v) is 1.49. The first-order valence-electron chi connectivity index (χ1n) is 6.16. The van der Waals surface area contributed by atoms with Crippen LogP contribution >= 0.6 is 0 Å². The molecular formula is C14H25NO. The Kier molecular flexibility index (Phi) is 8.59. The molecule has 0 atom stereocenters. The van der Waals surface area contributed by atoms with E-state index in [2.05, 4.69) is 31.2 Å². The Morgan fingerprint density at radius 2 is 1.69 bits per heavy atom. The molecule has 0 fully saturated rings. The summed E-state index contributed by atoms with van der Waals surface area (Å²) in [6.07, 6.45) is 11.9. The van der Waals surface area contributed by atoms with Crippen molar-refractivity contribution in [3.8, 4) is 0 Å². The number of carbonyl (C=O) groups is 1. The molecule has 0 N–H and O–H groups in total. The average molecular weight is 223 g/mol. The number of hydrogen-bond acceptors (Lipinski definition) is 1. The third-order valence-electron chi connectivity index (χ3n) is 2.40. The Balaban J connectivity index is 3.80. The Bertz CT molecular complexity index is 241. The Morgan fingerprint density at radius 1 is 1.12 bits per heavy atom. The molecule has 0 saturated carbocycles. The van der Waals surface area contributed by atoms with Crippen LogP contribution in [-0.2, 0) is 4.79 Å². The van der Waals surface area contributed by atoms with Crippen LogP contribution in [0.5, 0.6) is 0 Å². The summed E-state index contributed by atoms with van der Waals surface area (Å²) in [6.45, 7) is 8.57. The molecule has 16 heavy (non-hydrogen) atoms. The number of unbranched alkanes of at least 4 members (excludes halogenated alkanes) is 1. The number of rotatable bonds is 7. The zero-order valence-corrected chi connectivity index (χ0v) is 11.1. The number of hydrogen-bond donors (Lipinski definition) is 0. The highest BCUT2D eigenvalue weighted by molar-refractivity contribution is 5.73. The molecule has 0 aromatic heterocycles. The van der Waals surface area contributed by atoms with Crippen molar-refractivity contribution < 1.29 is 4.79 Å². The zero-order chi connectivity index (χ0) is 12.4. The zero-order valence-electron chi connectivity index (χ0n) is 11.1. The maximum atomic E-state index is 11.3. The van der Waals surface area contributed by atoms with Crippen LogP contribution in [0, 0.1) is 0 Å². The summed E-state index contributed by atoms with van der Waals surface area (Å²) in [4.78, 5) is 13.1. The molecule has 2 heteroatoms.